The number of aromatic nitrogens is 2. The molecule has 1 N–H and O–H groups in total. The van der Waals surface area contributed by atoms with Crippen molar-refractivity contribution in [2.24, 2.45) is 0 Å². The summed E-state index contributed by atoms with van der Waals surface area (Å²) in [4.78, 5) is 7.55. The van der Waals surface area contributed by atoms with Crippen molar-refractivity contribution in [1.82, 2.24) is 9.97 Å². The Morgan fingerprint density at radius 3 is 2.67 bits per heavy atom. The molecule has 2 aromatic carbocycles. The minimum absolute atomic E-state index is 0.435. The molecule has 0 radical (unpaired) electrons. The Labute approximate surface area is 131 Å². The number of halogens is 2. The van der Waals surface area contributed by atoms with E-state index in [0.717, 1.165) is 16.6 Å². The van der Waals surface area contributed by atoms with Crippen molar-refractivity contribution < 1.29 is 0 Å². The molecule has 5 heteroatoms. The summed E-state index contributed by atoms with van der Waals surface area (Å²) in [5.41, 5.74) is 2.94. The zero-order chi connectivity index (χ0) is 14.8. The fourth-order valence-electron chi connectivity index (χ4n) is 2.00. The van der Waals surface area contributed by atoms with E-state index in [1.165, 1.54) is 0 Å². The number of benzene rings is 2. The fourth-order valence-corrected chi connectivity index (χ4v) is 2.31. The maximum absolute atomic E-state index is 9.35. The van der Waals surface area contributed by atoms with Crippen molar-refractivity contribution in [1.29, 1.82) is 5.26 Å². The Morgan fingerprint density at radius 1 is 1.14 bits per heavy atom. The van der Waals surface area contributed by atoms with Crippen LogP contribution in [0.25, 0.3) is 22.7 Å². The van der Waals surface area contributed by atoms with Gasteiger partial charge < -0.3 is 4.98 Å². The largest absolute Gasteiger partial charge is 0.337 e. The minimum atomic E-state index is 0.435. The van der Waals surface area contributed by atoms with E-state index < -0.39 is 0 Å². The van der Waals surface area contributed by atoms with Gasteiger partial charge in [0.05, 0.1) is 26.7 Å². The highest BCUT2D eigenvalue weighted by molar-refractivity contribution is 6.42. The smallest absolute Gasteiger partial charge is 0.149 e. The van der Waals surface area contributed by atoms with Crippen LogP contribution in [0, 0.1) is 11.3 Å². The number of aromatic amines is 1. The highest BCUT2D eigenvalue weighted by Gasteiger charge is 2.08. The predicted molar refractivity (Wildman–Crippen MR) is 86.0 cm³/mol. The van der Waals surface area contributed by atoms with Crippen molar-refractivity contribution >= 4 is 45.9 Å². The molecular weight excluding hydrogens is 305 g/mol. The molecule has 21 heavy (non-hydrogen) atoms. The van der Waals surface area contributed by atoms with Crippen LogP contribution in [0.15, 0.2) is 42.5 Å². The molecule has 0 aliphatic rings. The predicted octanol–water partition coefficient (Wildman–Crippen LogP) is 4.93. The number of rotatable bonds is 2. The van der Waals surface area contributed by atoms with E-state index in [9.17, 15) is 5.26 Å². The first kappa shape index (κ1) is 13.7. The number of fused-ring (bicyclic) bond motifs is 1. The Kier molecular flexibility index (Phi) is 3.66. The molecule has 1 aromatic heterocycles. The van der Waals surface area contributed by atoms with E-state index in [4.69, 9.17) is 23.2 Å². The maximum Gasteiger partial charge on any atom is 0.149 e. The van der Waals surface area contributed by atoms with Crippen LogP contribution in [0.3, 0.4) is 0 Å². The van der Waals surface area contributed by atoms with Gasteiger partial charge >= 0.3 is 0 Å². The monoisotopic (exact) mass is 313 g/mol. The van der Waals surface area contributed by atoms with Crippen LogP contribution in [-0.4, -0.2) is 9.97 Å². The Balaban J connectivity index is 2.06. The molecule has 1 heterocycles. The molecule has 3 rings (SSSR count). The quantitative estimate of drug-likeness (QED) is 0.682. The lowest BCUT2D eigenvalue weighted by molar-refractivity contribution is 1.27. The molecule has 0 atom stereocenters. The first-order valence-corrected chi connectivity index (χ1v) is 6.95. The summed E-state index contributed by atoms with van der Waals surface area (Å²) in [6.45, 7) is 0. The lowest BCUT2D eigenvalue weighted by Gasteiger charge is -1.99. The second kappa shape index (κ2) is 5.61. The number of nitrogens with zero attached hydrogens (tertiary/aromatic N) is 2. The number of nitriles is 1. The van der Waals surface area contributed by atoms with Crippen LogP contribution < -0.4 is 0 Å². The molecule has 0 saturated heterocycles. The number of hydrogen-bond acceptors (Lipinski definition) is 2. The maximum atomic E-state index is 9.35. The van der Waals surface area contributed by atoms with Crippen molar-refractivity contribution in [2.45, 2.75) is 0 Å². The summed E-state index contributed by atoms with van der Waals surface area (Å²) in [6.07, 6.45) is 1.72. The zero-order valence-electron chi connectivity index (χ0n) is 10.8. The first-order chi connectivity index (χ1) is 10.2. The molecule has 3 nitrogen and oxygen atoms in total. The van der Waals surface area contributed by atoms with E-state index in [0.29, 0.717) is 21.4 Å². The zero-order valence-corrected chi connectivity index (χ0v) is 12.3. The number of allylic oxidation sites excluding steroid dienone is 1. The number of hydrogen-bond donors (Lipinski definition) is 1. The van der Waals surface area contributed by atoms with Crippen LogP contribution in [0.2, 0.25) is 10.0 Å². The van der Waals surface area contributed by atoms with Crippen LogP contribution in [-0.2, 0) is 0 Å². The average Bonchev–Trinajstić information content (AvgIpc) is 2.92. The average molecular weight is 314 g/mol. The molecule has 3 aromatic rings. The van der Waals surface area contributed by atoms with Gasteiger partial charge in [-0.2, -0.15) is 5.26 Å². The number of para-hydroxylation sites is 2. The molecule has 0 fully saturated rings. The van der Waals surface area contributed by atoms with Gasteiger partial charge in [0.25, 0.3) is 0 Å². The Bertz CT molecular complexity index is 855. The van der Waals surface area contributed by atoms with E-state index in [2.05, 4.69) is 16.0 Å². The van der Waals surface area contributed by atoms with Gasteiger partial charge in [-0.15, -0.1) is 0 Å². The fraction of sp³-hybridized carbons (Fsp3) is 0. The van der Waals surface area contributed by atoms with Crippen LogP contribution >= 0.6 is 23.2 Å². The van der Waals surface area contributed by atoms with Crippen LogP contribution in [0.1, 0.15) is 11.4 Å². The lowest BCUT2D eigenvalue weighted by Crippen LogP contribution is -1.85. The molecule has 0 unspecified atom stereocenters. The van der Waals surface area contributed by atoms with E-state index in [-0.39, 0.29) is 0 Å². The van der Waals surface area contributed by atoms with Gasteiger partial charge in [0, 0.05) is 0 Å². The third kappa shape index (κ3) is 2.78. The van der Waals surface area contributed by atoms with Gasteiger partial charge in [0.1, 0.15) is 11.9 Å². The highest BCUT2D eigenvalue weighted by Crippen LogP contribution is 2.25. The Morgan fingerprint density at radius 2 is 1.95 bits per heavy atom. The summed E-state index contributed by atoms with van der Waals surface area (Å²) in [5.74, 6) is 0.532. The minimum Gasteiger partial charge on any atom is -0.337 e. The van der Waals surface area contributed by atoms with Gasteiger partial charge in [-0.1, -0.05) is 41.4 Å². The molecular formula is C16H9Cl2N3. The van der Waals surface area contributed by atoms with Crippen molar-refractivity contribution in [3.63, 3.8) is 0 Å². The molecule has 0 aliphatic heterocycles. The van der Waals surface area contributed by atoms with Crippen LogP contribution in [0.4, 0.5) is 0 Å². The van der Waals surface area contributed by atoms with Crippen molar-refractivity contribution in [3.05, 3.63) is 63.9 Å². The van der Waals surface area contributed by atoms with Gasteiger partial charge in [0.2, 0.25) is 0 Å². The Hall–Kier alpha value is -2.28. The molecule has 0 amide bonds. The van der Waals surface area contributed by atoms with E-state index >= 15 is 0 Å². The molecule has 0 spiro atoms. The number of H-pyrrole nitrogens is 1. The second-order valence-electron chi connectivity index (χ2n) is 4.45. The van der Waals surface area contributed by atoms with Gasteiger partial charge in [-0.25, -0.2) is 4.98 Å². The highest BCUT2D eigenvalue weighted by atomic mass is 35.5. The van der Waals surface area contributed by atoms with Crippen molar-refractivity contribution in [2.75, 3.05) is 0 Å². The second-order valence-corrected chi connectivity index (χ2v) is 5.26. The third-order valence-electron chi connectivity index (χ3n) is 3.02. The van der Waals surface area contributed by atoms with Crippen LogP contribution in [0.5, 0.6) is 0 Å². The standard InChI is InChI=1S/C16H9Cl2N3/c17-12-6-5-10(8-13(12)18)7-11(9-19)16-20-14-3-1-2-4-15(14)21-16/h1-8H,(H,20,21)/b11-7+. The molecule has 0 bridgehead atoms. The summed E-state index contributed by atoms with van der Waals surface area (Å²) >= 11 is 11.9. The summed E-state index contributed by atoms with van der Waals surface area (Å²) in [6, 6.07) is 15.0. The molecule has 0 aliphatic carbocycles. The first-order valence-electron chi connectivity index (χ1n) is 6.19. The molecule has 0 saturated carbocycles. The van der Waals surface area contributed by atoms with Gasteiger partial charge in [-0.3, -0.25) is 0 Å². The third-order valence-corrected chi connectivity index (χ3v) is 3.76. The molecule has 102 valence electrons. The topological polar surface area (TPSA) is 52.5 Å². The van der Waals surface area contributed by atoms with Crippen molar-refractivity contribution in [3.8, 4) is 6.07 Å². The normalized spacial score (nSPS) is 11.6. The van der Waals surface area contributed by atoms with E-state index in [1.807, 2.05) is 24.3 Å². The van der Waals surface area contributed by atoms with Gasteiger partial charge in [0.15, 0.2) is 0 Å². The van der Waals surface area contributed by atoms with Gasteiger partial charge in [-0.05, 0) is 35.9 Å². The SMILES string of the molecule is N#C/C(=C\c1ccc(Cl)c(Cl)c1)c1nc2ccccc2[nH]1. The van der Waals surface area contributed by atoms with E-state index in [1.54, 1.807) is 24.3 Å². The number of nitrogens with one attached hydrogen (secondary N) is 1. The summed E-state index contributed by atoms with van der Waals surface area (Å²) in [5, 5.41) is 10.3. The lowest BCUT2D eigenvalue weighted by atomic mass is 10.1. The summed E-state index contributed by atoms with van der Waals surface area (Å²) in [7, 11) is 0. The number of imidazole rings is 1. The summed E-state index contributed by atoms with van der Waals surface area (Å²) < 4.78 is 0.